The predicted molar refractivity (Wildman–Crippen MR) is 80.6 cm³/mol. The zero-order valence-electron chi connectivity index (χ0n) is 12.5. The first-order valence-corrected chi connectivity index (χ1v) is 7.09. The third-order valence-electron chi connectivity index (χ3n) is 3.29. The number of aryl methyl sites for hydroxylation is 2. The number of imidazole rings is 1. The second kappa shape index (κ2) is 6.57. The molecule has 4 nitrogen and oxygen atoms in total. The molecular formula is C16H23N3O. The molecule has 1 aromatic carbocycles. The zero-order valence-corrected chi connectivity index (χ0v) is 12.5. The molecule has 4 heteroatoms. The van der Waals surface area contributed by atoms with Gasteiger partial charge in [-0.3, -0.25) is 0 Å². The molecule has 0 spiro atoms. The van der Waals surface area contributed by atoms with Gasteiger partial charge >= 0.3 is 0 Å². The monoisotopic (exact) mass is 273 g/mol. The van der Waals surface area contributed by atoms with E-state index in [4.69, 9.17) is 10.5 Å². The van der Waals surface area contributed by atoms with E-state index in [0.717, 1.165) is 30.0 Å². The van der Waals surface area contributed by atoms with E-state index in [-0.39, 0.29) is 6.04 Å². The lowest BCUT2D eigenvalue weighted by Gasteiger charge is -2.15. The van der Waals surface area contributed by atoms with E-state index in [2.05, 4.69) is 29.5 Å². The van der Waals surface area contributed by atoms with Gasteiger partial charge in [-0.15, -0.1) is 0 Å². The first kappa shape index (κ1) is 14.6. The summed E-state index contributed by atoms with van der Waals surface area (Å²) in [6.45, 7) is 7.67. The molecule has 1 aromatic heterocycles. The molecule has 0 saturated carbocycles. The Morgan fingerprint density at radius 3 is 2.90 bits per heavy atom. The number of aromatic nitrogens is 2. The van der Waals surface area contributed by atoms with E-state index in [1.54, 1.807) is 0 Å². The minimum Gasteiger partial charge on any atom is -0.487 e. The van der Waals surface area contributed by atoms with Crippen LogP contribution in [0, 0.1) is 6.92 Å². The number of hydrogen-bond acceptors (Lipinski definition) is 3. The van der Waals surface area contributed by atoms with Crippen molar-refractivity contribution in [2.75, 3.05) is 0 Å². The Hall–Kier alpha value is -1.81. The standard InChI is InChI=1S/C16H23N3O/c1-4-7-19-11-18-9-14(19)10-20-16-6-5-12(2)8-15(16)13(3)17/h5-6,8-9,11,13H,4,7,10,17H2,1-3H3/t13-/m1/s1. The molecule has 0 amide bonds. The van der Waals surface area contributed by atoms with Gasteiger partial charge in [0.05, 0.1) is 18.2 Å². The maximum Gasteiger partial charge on any atom is 0.130 e. The summed E-state index contributed by atoms with van der Waals surface area (Å²) in [5, 5.41) is 0. The van der Waals surface area contributed by atoms with Crippen molar-refractivity contribution in [3.63, 3.8) is 0 Å². The summed E-state index contributed by atoms with van der Waals surface area (Å²) in [4.78, 5) is 4.18. The van der Waals surface area contributed by atoms with Crippen LogP contribution >= 0.6 is 0 Å². The summed E-state index contributed by atoms with van der Waals surface area (Å²) in [6, 6.07) is 6.09. The van der Waals surface area contributed by atoms with Crippen LogP contribution < -0.4 is 10.5 Å². The maximum absolute atomic E-state index is 6.01. The van der Waals surface area contributed by atoms with Crippen molar-refractivity contribution >= 4 is 0 Å². The largest absolute Gasteiger partial charge is 0.487 e. The fourth-order valence-corrected chi connectivity index (χ4v) is 2.22. The van der Waals surface area contributed by atoms with Crippen molar-refractivity contribution in [2.45, 2.75) is 46.4 Å². The lowest BCUT2D eigenvalue weighted by atomic mass is 10.1. The van der Waals surface area contributed by atoms with Gasteiger partial charge < -0.3 is 15.0 Å². The van der Waals surface area contributed by atoms with Crippen LogP contribution in [-0.2, 0) is 13.2 Å². The van der Waals surface area contributed by atoms with Gasteiger partial charge in [0.2, 0.25) is 0 Å². The summed E-state index contributed by atoms with van der Waals surface area (Å²) in [7, 11) is 0. The van der Waals surface area contributed by atoms with E-state index in [0.29, 0.717) is 6.61 Å². The van der Waals surface area contributed by atoms with Gasteiger partial charge in [0.1, 0.15) is 12.4 Å². The number of benzene rings is 1. The highest BCUT2D eigenvalue weighted by atomic mass is 16.5. The van der Waals surface area contributed by atoms with Crippen LogP contribution in [0.5, 0.6) is 5.75 Å². The third kappa shape index (κ3) is 3.39. The highest BCUT2D eigenvalue weighted by Crippen LogP contribution is 2.25. The molecule has 0 aliphatic rings. The number of nitrogens with zero attached hydrogens (tertiary/aromatic N) is 2. The molecule has 20 heavy (non-hydrogen) atoms. The van der Waals surface area contributed by atoms with Crippen LogP contribution in [0.3, 0.4) is 0 Å². The highest BCUT2D eigenvalue weighted by molar-refractivity contribution is 5.38. The SMILES string of the molecule is CCCn1cncc1COc1ccc(C)cc1[C@@H](C)N. The summed E-state index contributed by atoms with van der Waals surface area (Å²) in [5.41, 5.74) is 9.34. The number of rotatable bonds is 6. The summed E-state index contributed by atoms with van der Waals surface area (Å²) < 4.78 is 8.07. The summed E-state index contributed by atoms with van der Waals surface area (Å²) in [6.07, 6.45) is 4.79. The van der Waals surface area contributed by atoms with Crippen molar-refractivity contribution in [2.24, 2.45) is 5.73 Å². The maximum atomic E-state index is 6.01. The Labute approximate surface area is 120 Å². The van der Waals surface area contributed by atoms with E-state index < -0.39 is 0 Å². The molecule has 0 fully saturated rings. The quantitative estimate of drug-likeness (QED) is 0.879. The van der Waals surface area contributed by atoms with Crippen molar-refractivity contribution in [3.8, 4) is 5.75 Å². The summed E-state index contributed by atoms with van der Waals surface area (Å²) in [5.74, 6) is 0.856. The predicted octanol–water partition coefficient (Wildman–Crippen LogP) is 3.20. The van der Waals surface area contributed by atoms with Crippen LogP contribution in [0.15, 0.2) is 30.7 Å². The molecule has 2 rings (SSSR count). The van der Waals surface area contributed by atoms with Gasteiger partial charge in [-0.2, -0.15) is 0 Å². The Morgan fingerprint density at radius 2 is 2.20 bits per heavy atom. The fraction of sp³-hybridized carbons (Fsp3) is 0.438. The lowest BCUT2D eigenvalue weighted by molar-refractivity contribution is 0.290. The Bertz CT molecular complexity index is 561. The molecule has 0 bridgehead atoms. The van der Waals surface area contributed by atoms with Gasteiger partial charge in [-0.25, -0.2) is 4.98 Å². The van der Waals surface area contributed by atoms with Crippen molar-refractivity contribution < 1.29 is 4.74 Å². The van der Waals surface area contributed by atoms with Crippen LogP contribution in [0.1, 0.15) is 43.1 Å². The topological polar surface area (TPSA) is 53.1 Å². The number of hydrogen-bond donors (Lipinski definition) is 1. The van der Waals surface area contributed by atoms with E-state index in [9.17, 15) is 0 Å². The minimum atomic E-state index is -0.0366. The average Bonchev–Trinajstić information content (AvgIpc) is 2.85. The van der Waals surface area contributed by atoms with E-state index in [1.807, 2.05) is 31.6 Å². The molecule has 0 unspecified atom stereocenters. The Balaban J connectivity index is 2.12. The van der Waals surface area contributed by atoms with Crippen LogP contribution in [-0.4, -0.2) is 9.55 Å². The Morgan fingerprint density at radius 1 is 1.40 bits per heavy atom. The van der Waals surface area contributed by atoms with Crippen LogP contribution in [0.25, 0.3) is 0 Å². The zero-order chi connectivity index (χ0) is 14.5. The van der Waals surface area contributed by atoms with Gasteiger partial charge in [0, 0.05) is 18.2 Å². The van der Waals surface area contributed by atoms with Gasteiger partial charge in [-0.1, -0.05) is 24.6 Å². The van der Waals surface area contributed by atoms with Gasteiger partial charge in [0.25, 0.3) is 0 Å². The fourth-order valence-electron chi connectivity index (χ4n) is 2.22. The normalized spacial score (nSPS) is 12.4. The molecule has 2 N–H and O–H groups in total. The molecule has 1 atom stereocenters. The second-order valence-corrected chi connectivity index (χ2v) is 5.20. The molecule has 0 aliphatic heterocycles. The number of nitrogens with two attached hydrogens (primary N) is 1. The van der Waals surface area contributed by atoms with Crippen molar-refractivity contribution in [3.05, 3.63) is 47.5 Å². The van der Waals surface area contributed by atoms with Crippen molar-refractivity contribution in [1.82, 2.24) is 9.55 Å². The minimum absolute atomic E-state index is 0.0366. The first-order chi connectivity index (χ1) is 9.61. The first-order valence-electron chi connectivity index (χ1n) is 7.09. The third-order valence-corrected chi connectivity index (χ3v) is 3.29. The molecule has 0 radical (unpaired) electrons. The number of ether oxygens (including phenoxy) is 1. The smallest absolute Gasteiger partial charge is 0.130 e. The molecule has 0 saturated heterocycles. The lowest BCUT2D eigenvalue weighted by Crippen LogP contribution is -2.10. The molecule has 2 aromatic rings. The van der Waals surface area contributed by atoms with Crippen LogP contribution in [0.4, 0.5) is 0 Å². The second-order valence-electron chi connectivity index (χ2n) is 5.20. The molecule has 108 valence electrons. The summed E-state index contributed by atoms with van der Waals surface area (Å²) >= 11 is 0. The van der Waals surface area contributed by atoms with Crippen LogP contribution in [0.2, 0.25) is 0 Å². The highest BCUT2D eigenvalue weighted by Gasteiger charge is 2.10. The van der Waals surface area contributed by atoms with Gasteiger partial charge in [0.15, 0.2) is 0 Å². The van der Waals surface area contributed by atoms with E-state index >= 15 is 0 Å². The molecule has 0 aliphatic carbocycles. The van der Waals surface area contributed by atoms with Crippen molar-refractivity contribution in [1.29, 1.82) is 0 Å². The van der Waals surface area contributed by atoms with Gasteiger partial charge in [-0.05, 0) is 26.3 Å². The molecule has 1 heterocycles. The molecular weight excluding hydrogens is 250 g/mol. The van der Waals surface area contributed by atoms with E-state index in [1.165, 1.54) is 5.56 Å². The average molecular weight is 273 g/mol. The Kier molecular flexibility index (Phi) is 4.79.